The molecule has 37 heavy (non-hydrogen) atoms. The summed E-state index contributed by atoms with van der Waals surface area (Å²) in [7, 11) is 0. The number of nitrogens with zero attached hydrogens (tertiary/aromatic N) is 8. The average Bonchev–Trinajstić information content (AvgIpc) is 3.67. The fraction of sp³-hybridized carbons (Fsp3) is 0.520. The highest BCUT2D eigenvalue weighted by molar-refractivity contribution is 5.88. The quantitative estimate of drug-likeness (QED) is 0.382. The molecule has 2 fully saturated rings. The SMILES string of the molecule is CC1OCC2(CCN(c3cnc4c(N5CC[C@H](C)c6nc(-c7ncn[nH]7)ccc65)n[nH]c4n3)CC2)C1N. The van der Waals surface area contributed by atoms with Gasteiger partial charge in [0.15, 0.2) is 22.8 Å². The molecule has 0 bridgehead atoms. The maximum absolute atomic E-state index is 6.49. The van der Waals surface area contributed by atoms with E-state index >= 15 is 0 Å². The summed E-state index contributed by atoms with van der Waals surface area (Å²) in [5.74, 6) is 2.62. The molecule has 7 heterocycles. The van der Waals surface area contributed by atoms with E-state index in [1.165, 1.54) is 6.33 Å². The first-order valence-corrected chi connectivity index (χ1v) is 13.0. The van der Waals surface area contributed by atoms with Crippen LogP contribution in [0.15, 0.2) is 24.7 Å². The molecule has 12 heteroatoms. The van der Waals surface area contributed by atoms with Gasteiger partial charge < -0.3 is 20.3 Å². The molecular weight excluding hydrogens is 470 g/mol. The zero-order valence-electron chi connectivity index (χ0n) is 21.1. The predicted molar refractivity (Wildman–Crippen MR) is 139 cm³/mol. The molecule has 0 radical (unpaired) electrons. The lowest BCUT2D eigenvalue weighted by Crippen LogP contribution is -2.50. The second kappa shape index (κ2) is 8.45. The Morgan fingerprint density at radius 3 is 2.70 bits per heavy atom. The number of piperidine rings is 1. The first-order valence-electron chi connectivity index (χ1n) is 13.0. The van der Waals surface area contributed by atoms with Crippen molar-refractivity contribution in [2.45, 2.75) is 51.2 Å². The maximum Gasteiger partial charge on any atom is 0.183 e. The molecule has 0 aliphatic carbocycles. The van der Waals surface area contributed by atoms with E-state index in [-0.39, 0.29) is 17.6 Å². The number of pyridine rings is 1. The molecule has 4 aromatic rings. The third-order valence-electron chi connectivity index (χ3n) is 8.53. The van der Waals surface area contributed by atoms with Crippen molar-refractivity contribution in [3.63, 3.8) is 0 Å². The van der Waals surface area contributed by atoms with Crippen LogP contribution in [0.5, 0.6) is 0 Å². The van der Waals surface area contributed by atoms with E-state index in [0.29, 0.717) is 17.4 Å². The van der Waals surface area contributed by atoms with Gasteiger partial charge in [-0.2, -0.15) is 10.2 Å². The van der Waals surface area contributed by atoms with Crippen LogP contribution in [0.3, 0.4) is 0 Å². The van der Waals surface area contributed by atoms with E-state index < -0.39 is 0 Å². The van der Waals surface area contributed by atoms with E-state index in [4.69, 9.17) is 25.4 Å². The van der Waals surface area contributed by atoms with Gasteiger partial charge in [-0.05, 0) is 38.3 Å². The van der Waals surface area contributed by atoms with Crippen molar-refractivity contribution >= 4 is 28.5 Å². The summed E-state index contributed by atoms with van der Waals surface area (Å²) in [5, 5.41) is 14.6. The minimum atomic E-state index is 0.0781. The zero-order chi connectivity index (χ0) is 25.1. The van der Waals surface area contributed by atoms with Gasteiger partial charge in [0.25, 0.3) is 0 Å². The first kappa shape index (κ1) is 22.5. The Kier molecular flexibility index (Phi) is 5.15. The number of anilines is 3. The monoisotopic (exact) mass is 501 g/mol. The van der Waals surface area contributed by atoms with Crippen LogP contribution in [0.1, 0.15) is 44.7 Å². The van der Waals surface area contributed by atoms with Crippen LogP contribution in [-0.4, -0.2) is 78.7 Å². The minimum absolute atomic E-state index is 0.0781. The second-order valence-corrected chi connectivity index (χ2v) is 10.6. The molecule has 12 nitrogen and oxygen atoms in total. The van der Waals surface area contributed by atoms with Crippen molar-refractivity contribution in [3.05, 3.63) is 30.4 Å². The Balaban J connectivity index is 1.15. The van der Waals surface area contributed by atoms with Crippen LogP contribution in [0.4, 0.5) is 17.3 Å². The molecule has 192 valence electrons. The lowest BCUT2D eigenvalue weighted by atomic mass is 9.73. The summed E-state index contributed by atoms with van der Waals surface area (Å²) in [6, 6.07) is 4.14. The second-order valence-electron chi connectivity index (χ2n) is 10.6. The van der Waals surface area contributed by atoms with E-state index in [1.807, 2.05) is 12.3 Å². The molecule has 0 aromatic carbocycles. The molecule has 3 atom stereocenters. The van der Waals surface area contributed by atoms with Crippen molar-refractivity contribution in [1.82, 2.24) is 40.3 Å². The summed E-state index contributed by atoms with van der Waals surface area (Å²) in [6.07, 6.45) is 6.44. The normalized spacial score (nSPS) is 25.2. The fourth-order valence-electron chi connectivity index (χ4n) is 6.09. The minimum Gasteiger partial charge on any atom is -0.376 e. The lowest BCUT2D eigenvalue weighted by molar-refractivity contribution is 0.0974. The molecule has 0 amide bonds. The molecule has 2 saturated heterocycles. The Labute approximate surface area is 214 Å². The highest BCUT2D eigenvalue weighted by Gasteiger charge is 2.47. The smallest absolute Gasteiger partial charge is 0.183 e. The molecular formula is C25H31N11O. The number of hydrogen-bond acceptors (Lipinski definition) is 10. The van der Waals surface area contributed by atoms with Gasteiger partial charge in [-0.1, -0.05) is 6.92 Å². The number of ether oxygens (including phenoxy) is 1. The van der Waals surface area contributed by atoms with Crippen molar-refractivity contribution in [1.29, 1.82) is 0 Å². The highest BCUT2D eigenvalue weighted by atomic mass is 16.5. The van der Waals surface area contributed by atoms with Gasteiger partial charge in [-0.25, -0.2) is 19.9 Å². The van der Waals surface area contributed by atoms with Crippen LogP contribution in [0.25, 0.3) is 22.7 Å². The van der Waals surface area contributed by atoms with Crippen LogP contribution in [0.2, 0.25) is 0 Å². The zero-order valence-corrected chi connectivity index (χ0v) is 21.1. The molecule has 3 aliphatic rings. The van der Waals surface area contributed by atoms with Gasteiger partial charge >= 0.3 is 0 Å². The van der Waals surface area contributed by atoms with Crippen LogP contribution in [-0.2, 0) is 4.74 Å². The Morgan fingerprint density at radius 2 is 1.95 bits per heavy atom. The number of aromatic amines is 2. The van der Waals surface area contributed by atoms with Crippen molar-refractivity contribution in [2.75, 3.05) is 36.0 Å². The first-order chi connectivity index (χ1) is 18.0. The molecule has 4 aromatic heterocycles. The van der Waals surface area contributed by atoms with Crippen LogP contribution in [0, 0.1) is 5.41 Å². The fourth-order valence-corrected chi connectivity index (χ4v) is 6.09. The van der Waals surface area contributed by atoms with E-state index in [0.717, 1.165) is 79.7 Å². The largest absolute Gasteiger partial charge is 0.376 e. The lowest BCUT2D eigenvalue weighted by Gasteiger charge is -2.41. The summed E-state index contributed by atoms with van der Waals surface area (Å²) in [4.78, 5) is 23.4. The maximum atomic E-state index is 6.49. The Morgan fingerprint density at radius 1 is 1.08 bits per heavy atom. The van der Waals surface area contributed by atoms with Gasteiger partial charge in [0.05, 0.1) is 30.3 Å². The third kappa shape index (κ3) is 3.57. The molecule has 7 rings (SSSR count). The third-order valence-corrected chi connectivity index (χ3v) is 8.53. The molecule has 0 saturated carbocycles. The Bertz CT molecular complexity index is 1430. The van der Waals surface area contributed by atoms with E-state index in [2.05, 4.69) is 55.1 Å². The topological polar surface area (TPSA) is 151 Å². The number of hydrogen-bond donors (Lipinski definition) is 3. The molecule has 2 unspecified atom stereocenters. The van der Waals surface area contributed by atoms with Crippen molar-refractivity contribution in [3.8, 4) is 11.5 Å². The molecule has 4 N–H and O–H groups in total. The number of rotatable bonds is 3. The summed E-state index contributed by atoms with van der Waals surface area (Å²) < 4.78 is 5.87. The molecule has 3 aliphatic heterocycles. The van der Waals surface area contributed by atoms with Gasteiger partial charge in [-0.15, -0.1) is 0 Å². The van der Waals surface area contributed by atoms with Gasteiger partial charge in [0, 0.05) is 37.0 Å². The molecule has 1 spiro atoms. The van der Waals surface area contributed by atoms with Gasteiger partial charge in [0.1, 0.15) is 17.8 Å². The number of H-pyrrole nitrogens is 2. The number of fused-ring (bicyclic) bond motifs is 2. The van der Waals surface area contributed by atoms with E-state index in [1.54, 1.807) is 0 Å². The van der Waals surface area contributed by atoms with E-state index in [9.17, 15) is 0 Å². The standard InChI is InChI=1S/C25H31N11O/c1-14-5-8-36(17-4-3-16(30-19(14)17)22-28-13-29-32-22)24-20-23(33-34-24)31-18(11-27-20)35-9-6-25(7-10-35)12-37-15(2)21(25)26/h3-4,11,13-15,21H,5-10,12,26H2,1-2H3,(H,28,29,32)(H,31,33,34)/t14-,15?,21?/m0/s1. The summed E-state index contributed by atoms with van der Waals surface area (Å²) in [5.41, 5.74) is 10.9. The van der Waals surface area contributed by atoms with Crippen molar-refractivity contribution < 1.29 is 4.74 Å². The number of nitrogens with one attached hydrogen (secondary N) is 2. The van der Waals surface area contributed by atoms with Crippen LogP contribution >= 0.6 is 0 Å². The predicted octanol–water partition coefficient (Wildman–Crippen LogP) is 2.51. The van der Waals surface area contributed by atoms with Crippen molar-refractivity contribution in [2.24, 2.45) is 11.1 Å². The summed E-state index contributed by atoms with van der Waals surface area (Å²) >= 11 is 0. The van der Waals surface area contributed by atoms with Gasteiger partial charge in [0.2, 0.25) is 0 Å². The summed E-state index contributed by atoms with van der Waals surface area (Å²) in [6.45, 7) is 7.64. The van der Waals surface area contributed by atoms with Gasteiger partial charge in [-0.3, -0.25) is 10.2 Å². The Hall–Kier alpha value is -3.64. The average molecular weight is 502 g/mol. The number of nitrogens with two attached hydrogens (primary N) is 1. The highest BCUT2D eigenvalue weighted by Crippen LogP contribution is 2.43. The van der Waals surface area contributed by atoms with Crippen LogP contribution < -0.4 is 15.5 Å². The number of aromatic nitrogens is 8.